The van der Waals surface area contributed by atoms with E-state index in [-0.39, 0.29) is 5.75 Å². The van der Waals surface area contributed by atoms with Gasteiger partial charge in [0.05, 0.1) is 16.6 Å². The summed E-state index contributed by atoms with van der Waals surface area (Å²) >= 11 is 9.36. The zero-order valence-electron chi connectivity index (χ0n) is 10.8. The lowest BCUT2D eigenvalue weighted by Gasteiger charge is -2.08. The highest BCUT2D eigenvalue weighted by atomic mass is 79.9. The summed E-state index contributed by atoms with van der Waals surface area (Å²) in [5, 5.41) is 10.8. The summed E-state index contributed by atoms with van der Waals surface area (Å²) in [5.41, 5.74) is 2.55. The molecule has 1 N–H and O–H groups in total. The van der Waals surface area contributed by atoms with E-state index in [4.69, 9.17) is 11.6 Å². The Morgan fingerprint density at radius 1 is 1.25 bits per heavy atom. The first-order valence-electron chi connectivity index (χ1n) is 6.25. The molecule has 20 heavy (non-hydrogen) atoms. The Morgan fingerprint density at radius 2 is 2.05 bits per heavy atom. The largest absolute Gasteiger partial charge is 0.507 e. The van der Waals surface area contributed by atoms with Crippen molar-refractivity contribution in [3.05, 3.63) is 45.9 Å². The van der Waals surface area contributed by atoms with Crippen LogP contribution in [0.5, 0.6) is 5.75 Å². The van der Waals surface area contributed by atoms with Crippen molar-refractivity contribution in [2.24, 2.45) is 0 Å². The van der Waals surface area contributed by atoms with Gasteiger partial charge in [-0.2, -0.15) is 0 Å². The molecule has 0 spiro atoms. The van der Waals surface area contributed by atoms with Crippen molar-refractivity contribution in [3.8, 4) is 17.1 Å². The number of aromatic nitrogens is 2. The molecule has 5 heteroatoms. The third kappa shape index (κ3) is 2.19. The zero-order chi connectivity index (χ0) is 14.3. The van der Waals surface area contributed by atoms with Crippen molar-refractivity contribution in [2.75, 3.05) is 0 Å². The average Bonchev–Trinajstić information content (AvgIpc) is 2.75. The molecule has 0 radical (unpaired) electrons. The maximum absolute atomic E-state index is 10.1. The normalized spacial score (nSPS) is 11.2. The van der Waals surface area contributed by atoms with Crippen molar-refractivity contribution < 1.29 is 5.11 Å². The van der Waals surface area contributed by atoms with Gasteiger partial charge in [0.25, 0.3) is 0 Å². The fraction of sp³-hybridized carbons (Fsp3) is 0.133. The Kier molecular flexibility index (Phi) is 3.44. The number of phenols is 1. The van der Waals surface area contributed by atoms with E-state index >= 15 is 0 Å². The molecule has 0 bridgehead atoms. The summed E-state index contributed by atoms with van der Waals surface area (Å²) in [6.45, 7) is 2.82. The van der Waals surface area contributed by atoms with E-state index < -0.39 is 0 Å². The second kappa shape index (κ2) is 5.11. The molecule has 0 saturated heterocycles. The van der Waals surface area contributed by atoms with Gasteiger partial charge in [-0.15, -0.1) is 0 Å². The van der Waals surface area contributed by atoms with E-state index in [1.54, 1.807) is 6.07 Å². The molecule has 3 nitrogen and oxygen atoms in total. The molecule has 0 atom stereocenters. The topological polar surface area (TPSA) is 38.0 Å². The Hall–Kier alpha value is -1.52. The lowest BCUT2D eigenvalue weighted by atomic mass is 10.2. The number of hydrogen-bond acceptors (Lipinski definition) is 2. The number of rotatable bonds is 2. The first kappa shape index (κ1) is 13.5. The van der Waals surface area contributed by atoms with Crippen molar-refractivity contribution >= 4 is 38.6 Å². The zero-order valence-corrected chi connectivity index (χ0v) is 13.1. The van der Waals surface area contributed by atoms with Gasteiger partial charge in [0, 0.05) is 16.0 Å². The smallest absolute Gasteiger partial charge is 0.144 e. The van der Waals surface area contributed by atoms with Crippen molar-refractivity contribution in [1.29, 1.82) is 0 Å². The van der Waals surface area contributed by atoms with Gasteiger partial charge in [0.2, 0.25) is 0 Å². The molecule has 3 rings (SSSR count). The van der Waals surface area contributed by atoms with Gasteiger partial charge >= 0.3 is 0 Å². The van der Waals surface area contributed by atoms with Crippen LogP contribution in [0.2, 0.25) is 5.02 Å². The van der Waals surface area contributed by atoms with Gasteiger partial charge in [-0.1, -0.05) is 27.5 Å². The van der Waals surface area contributed by atoms with Crippen LogP contribution in [0.4, 0.5) is 0 Å². The van der Waals surface area contributed by atoms with Crippen LogP contribution in [0.25, 0.3) is 22.4 Å². The molecule has 0 aliphatic carbocycles. The Morgan fingerprint density at radius 3 is 2.75 bits per heavy atom. The van der Waals surface area contributed by atoms with E-state index in [1.165, 1.54) is 0 Å². The van der Waals surface area contributed by atoms with E-state index in [1.807, 2.05) is 30.3 Å². The minimum Gasteiger partial charge on any atom is -0.507 e. The molecule has 1 heterocycles. The van der Waals surface area contributed by atoms with Crippen LogP contribution in [0.1, 0.15) is 6.92 Å². The Bertz CT molecular complexity index is 798. The average molecular weight is 352 g/mol. The van der Waals surface area contributed by atoms with Crippen LogP contribution in [0.15, 0.2) is 40.9 Å². The van der Waals surface area contributed by atoms with Gasteiger partial charge in [-0.05, 0) is 43.3 Å². The molecule has 0 saturated carbocycles. The first-order valence-corrected chi connectivity index (χ1v) is 7.42. The number of hydrogen-bond donors (Lipinski definition) is 1. The first-order chi connectivity index (χ1) is 9.60. The molecule has 0 unspecified atom stereocenters. The molecule has 0 fully saturated rings. The van der Waals surface area contributed by atoms with E-state index in [0.29, 0.717) is 10.6 Å². The molecule has 0 aliphatic heterocycles. The maximum Gasteiger partial charge on any atom is 0.144 e. The second-order valence-corrected chi connectivity index (χ2v) is 5.83. The molecule has 1 aromatic heterocycles. The highest BCUT2D eigenvalue weighted by Crippen LogP contribution is 2.33. The van der Waals surface area contributed by atoms with Gasteiger partial charge < -0.3 is 9.67 Å². The van der Waals surface area contributed by atoms with Crippen molar-refractivity contribution in [1.82, 2.24) is 9.55 Å². The number of halogens is 2. The summed E-state index contributed by atoms with van der Waals surface area (Å²) in [5.74, 6) is 0.949. The van der Waals surface area contributed by atoms with Gasteiger partial charge in [0.1, 0.15) is 11.6 Å². The van der Waals surface area contributed by atoms with Crippen LogP contribution in [-0.2, 0) is 6.54 Å². The number of phenolic OH excluding ortho intramolecular Hbond substituents is 1. The summed E-state index contributed by atoms with van der Waals surface area (Å²) in [6.07, 6.45) is 0. The molecular formula is C15H12BrClN2O. The van der Waals surface area contributed by atoms with Crippen LogP contribution in [0.3, 0.4) is 0 Å². The van der Waals surface area contributed by atoms with E-state index in [2.05, 4.69) is 32.4 Å². The number of fused-ring (bicyclic) bond motifs is 1. The molecule has 0 amide bonds. The van der Waals surface area contributed by atoms with Crippen LogP contribution in [-0.4, -0.2) is 14.7 Å². The van der Waals surface area contributed by atoms with E-state index in [9.17, 15) is 5.11 Å². The summed E-state index contributed by atoms with van der Waals surface area (Å²) < 4.78 is 2.90. The maximum atomic E-state index is 10.1. The molecule has 3 aromatic rings. The van der Waals surface area contributed by atoms with Crippen LogP contribution >= 0.6 is 27.5 Å². The third-order valence-corrected chi connectivity index (χ3v) is 3.96. The number of nitrogens with zero attached hydrogens (tertiary/aromatic N) is 2. The SMILES string of the molecule is CCn1c(-c2ccc(Br)cc2O)nc2cc(Cl)ccc21. The molecule has 0 aliphatic rings. The van der Waals surface area contributed by atoms with E-state index in [0.717, 1.165) is 27.9 Å². The Labute approximate surface area is 130 Å². The van der Waals surface area contributed by atoms with Gasteiger partial charge in [-0.25, -0.2) is 4.98 Å². The minimum absolute atomic E-state index is 0.204. The molecule has 2 aromatic carbocycles. The molecule has 102 valence electrons. The lowest BCUT2D eigenvalue weighted by Crippen LogP contribution is -1.97. The van der Waals surface area contributed by atoms with Crippen LogP contribution in [0, 0.1) is 0 Å². The minimum atomic E-state index is 0.204. The fourth-order valence-corrected chi connectivity index (χ4v) is 2.84. The summed E-state index contributed by atoms with van der Waals surface area (Å²) in [6, 6.07) is 11.1. The quantitative estimate of drug-likeness (QED) is 0.717. The standard InChI is InChI=1S/C15H12BrClN2O/c1-2-19-13-6-4-10(17)8-12(13)18-15(19)11-5-3-9(16)7-14(11)20/h3-8,20H,2H2,1H3. The number of aryl methyl sites for hydroxylation is 1. The van der Waals surface area contributed by atoms with Crippen molar-refractivity contribution in [2.45, 2.75) is 13.5 Å². The summed E-state index contributed by atoms with van der Waals surface area (Å²) in [4.78, 5) is 4.61. The highest BCUT2D eigenvalue weighted by Gasteiger charge is 2.15. The fourth-order valence-electron chi connectivity index (χ4n) is 2.32. The van der Waals surface area contributed by atoms with Crippen molar-refractivity contribution in [3.63, 3.8) is 0 Å². The summed E-state index contributed by atoms with van der Waals surface area (Å²) in [7, 11) is 0. The lowest BCUT2D eigenvalue weighted by molar-refractivity contribution is 0.476. The second-order valence-electron chi connectivity index (χ2n) is 4.47. The predicted octanol–water partition coefficient (Wildman–Crippen LogP) is 4.84. The Balaban J connectivity index is 2.30. The predicted molar refractivity (Wildman–Crippen MR) is 85.2 cm³/mol. The van der Waals surface area contributed by atoms with Gasteiger partial charge in [-0.3, -0.25) is 0 Å². The van der Waals surface area contributed by atoms with Crippen LogP contribution < -0.4 is 0 Å². The number of imidazole rings is 1. The molecular weight excluding hydrogens is 340 g/mol. The van der Waals surface area contributed by atoms with Gasteiger partial charge in [0.15, 0.2) is 0 Å². The number of benzene rings is 2. The third-order valence-electron chi connectivity index (χ3n) is 3.23. The number of aromatic hydroxyl groups is 1. The highest BCUT2D eigenvalue weighted by molar-refractivity contribution is 9.10. The monoisotopic (exact) mass is 350 g/mol.